The Hall–Kier alpha value is -16.0. The zero-order valence-electron chi connectivity index (χ0n) is 59.6. The molecule has 0 radical (unpaired) electrons. The molecule has 0 saturated heterocycles. The average molecular weight is 1470 g/mol. The number of benzene rings is 4. The monoisotopic (exact) mass is 1470 g/mol. The minimum atomic E-state index is -0.277. The van der Waals surface area contributed by atoms with Crippen LogP contribution in [0.1, 0.15) is 5.69 Å². The predicted octanol–water partition coefficient (Wildman–Crippen LogP) is 14.0. The Labute approximate surface area is 626 Å². The lowest BCUT2D eigenvalue weighted by molar-refractivity contribution is 0.430. The van der Waals surface area contributed by atoms with E-state index in [1.807, 2.05) is 200 Å². The summed E-state index contributed by atoms with van der Waals surface area (Å²) in [4.78, 5) is 44.5. The second kappa shape index (κ2) is 28.5. The fourth-order valence-corrected chi connectivity index (χ4v) is 13.0. The van der Waals surface area contributed by atoms with Crippen molar-refractivity contribution >= 4 is 102 Å². The molecular weight excluding hydrogens is 1410 g/mol. The number of anilines is 8. The molecule has 4 aromatic carbocycles. The van der Waals surface area contributed by atoms with Gasteiger partial charge in [0, 0.05) is 188 Å². The first-order valence-corrected chi connectivity index (χ1v) is 34.6. The van der Waals surface area contributed by atoms with Crippen LogP contribution >= 0.6 is 0 Å². The third kappa shape index (κ3) is 13.4. The van der Waals surface area contributed by atoms with E-state index in [1.165, 1.54) is 12.1 Å². The van der Waals surface area contributed by atoms with Crippen LogP contribution in [0.15, 0.2) is 256 Å². The fourth-order valence-electron chi connectivity index (χ4n) is 13.0. The van der Waals surface area contributed by atoms with Crippen molar-refractivity contribution in [2.45, 2.75) is 6.92 Å². The number of aryl methyl sites for hydroxylation is 5. The zero-order chi connectivity index (χ0) is 75.1. The van der Waals surface area contributed by atoms with E-state index in [-0.39, 0.29) is 5.82 Å². The summed E-state index contributed by atoms with van der Waals surface area (Å²) in [5.41, 5.74) is 18.5. The Morgan fingerprint density at radius 3 is 1.21 bits per heavy atom. The molecule has 0 aliphatic carbocycles. The molecule has 0 fully saturated rings. The summed E-state index contributed by atoms with van der Waals surface area (Å²) < 4.78 is 33.5. The van der Waals surface area contributed by atoms with Crippen LogP contribution in [0.3, 0.4) is 0 Å². The normalized spacial score (nSPS) is 11.3. The summed E-state index contributed by atoms with van der Waals surface area (Å²) in [6.07, 6.45) is 42.1. The minimum Gasteiger partial charge on any atom is -0.338 e. The largest absolute Gasteiger partial charge is 0.338 e. The fraction of sp³-hybridized carbons (Fsp3) is 0.0641. The van der Waals surface area contributed by atoms with Crippen LogP contribution in [0.25, 0.3) is 123 Å². The van der Waals surface area contributed by atoms with Crippen molar-refractivity contribution in [3.63, 3.8) is 0 Å². The van der Waals surface area contributed by atoms with Gasteiger partial charge in [-0.2, -0.15) is 30.6 Å². The molecule has 21 aromatic rings. The molecule has 17 heterocycles. The van der Waals surface area contributed by atoms with Gasteiger partial charge in [-0.05, 0) is 91.2 Å². The predicted molar refractivity (Wildman–Crippen MR) is 418 cm³/mol. The van der Waals surface area contributed by atoms with E-state index in [0.29, 0.717) is 40.4 Å². The van der Waals surface area contributed by atoms with E-state index in [9.17, 15) is 4.39 Å². The number of nitrogens with zero attached hydrogens (tertiary/aromatic N) is 25. The van der Waals surface area contributed by atoms with Gasteiger partial charge in [0.2, 0.25) is 5.88 Å². The van der Waals surface area contributed by atoms with Crippen molar-refractivity contribution in [2.75, 3.05) is 21.3 Å². The lowest BCUT2D eigenvalue weighted by Crippen LogP contribution is -2.00. The first-order chi connectivity index (χ1) is 54.4. The van der Waals surface area contributed by atoms with Gasteiger partial charge in [0.25, 0.3) is 0 Å². The highest BCUT2D eigenvalue weighted by Gasteiger charge is 2.20. The van der Waals surface area contributed by atoms with E-state index in [0.717, 1.165) is 134 Å². The number of aromatic amines is 2. The summed E-state index contributed by atoms with van der Waals surface area (Å²) in [5.74, 6) is 3.58. The maximum absolute atomic E-state index is 13.3. The van der Waals surface area contributed by atoms with Crippen LogP contribution < -0.4 is 21.3 Å². The molecule has 0 bridgehead atoms. The number of halogens is 1. The number of nitrogens with one attached hydrogen (secondary N) is 6. The maximum atomic E-state index is 13.3. The summed E-state index contributed by atoms with van der Waals surface area (Å²) in [7, 11) is 7.56. The Kier molecular flexibility index (Phi) is 17.2. The Balaban J connectivity index is 0.000000105. The van der Waals surface area contributed by atoms with Gasteiger partial charge in [-0.1, -0.05) is 29.4 Å². The first-order valence-electron chi connectivity index (χ1n) is 34.6. The molecule has 0 amide bonds. The summed E-state index contributed by atoms with van der Waals surface area (Å²) in [6, 6.07) is 34.1. The topological polar surface area (TPSA) is 349 Å². The molecule has 0 atom stereocenters. The van der Waals surface area contributed by atoms with Gasteiger partial charge in [-0.25, -0.2) is 49.2 Å². The van der Waals surface area contributed by atoms with E-state index >= 15 is 0 Å². The van der Waals surface area contributed by atoms with Crippen LogP contribution in [-0.2, 0) is 28.2 Å². The molecule has 0 unspecified atom stereocenters. The third-order valence-electron chi connectivity index (χ3n) is 18.2. The van der Waals surface area contributed by atoms with E-state index < -0.39 is 0 Å². The van der Waals surface area contributed by atoms with Crippen LogP contribution in [0, 0.1) is 12.7 Å². The lowest BCUT2D eigenvalue weighted by atomic mass is 10.1. The standard InChI is InChI=1S/C23H17FN8.C22H17N9.C19H15N7.C14H13N7O/c1-31-13-15(11-27-31)20-12-26-23-22(25-8-9-32(20)23)28-17-6-7-19-18(10-17)21(30-29-19)14-2-4-16(24)5-3-14;1-30-13-15(11-26-30)19-12-25-22-21(24-8-9-31(19)22)27-16-2-3-18-17(10-16)20(29-28-18)14-4-6-23-7-5-14;1-25-12-14(10-23-25)16-11-22-19-18(21-8-9-26(16)19)24-17-15-5-3-2-4-13(15)6-7-20-17;1-9-5-12(22-19-9)18-13-14-16-7-11(21(14)4-3-15-13)10-6-17-20(2)8-10/h2-13H,1H3,(H,25,28)(H,29,30);2-13H,1H3,(H,24,27)(H,28,29);2-12H,1H3,(H,20,21,24);3-8H,1-2H3,(H,15,18). The van der Waals surface area contributed by atoms with Crippen molar-refractivity contribution in [2.24, 2.45) is 28.2 Å². The zero-order valence-corrected chi connectivity index (χ0v) is 59.6. The summed E-state index contributed by atoms with van der Waals surface area (Å²) in [5, 5.41) is 53.1. The highest BCUT2D eigenvalue weighted by atomic mass is 19.1. The summed E-state index contributed by atoms with van der Waals surface area (Å²) >= 11 is 0. The minimum absolute atomic E-state index is 0.277. The SMILES string of the molecule is Cc1cc(Nc2nccn3c(-c4cnn(C)c4)cnc23)on1.Cn1cc(-c2cnc3c(Nc4ccc5[nH]nc(-c6ccc(F)cc6)c5c4)nccn23)cn1.Cn1cc(-c2cnc3c(Nc4ccc5[nH]nc(-c6ccncc6)c5c4)nccn23)cn1.Cn1cc(-c2cnc3c(Nc4nccc5ccccc45)nccn23)cn1. The average Bonchev–Trinajstić information content (AvgIpc) is 1.73. The van der Waals surface area contributed by atoms with Crippen molar-refractivity contribution in [3.8, 4) is 67.5 Å². The molecule has 0 aliphatic rings. The molecule has 111 heavy (non-hydrogen) atoms. The third-order valence-corrected chi connectivity index (χ3v) is 18.2. The molecule has 6 N–H and O–H groups in total. The lowest BCUT2D eigenvalue weighted by Gasteiger charge is -2.09. The van der Waals surface area contributed by atoms with Gasteiger partial charge in [0.05, 0.1) is 94.8 Å². The highest BCUT2D eigenvalue weighted by molar-refractivity contribution is 5.98. The molecular formula is C78H62FN31O. The quantitative estimate of drug-likeness (QED) is 0.0589. The van der Waals surface area contributed by atoms with Gasteiger partial charge in [0.15, 0.2) is 45.9 Å². The molecule has 21 rings (SSSR count). The number of fused-ring (bicyclic) bond motifs is 7. The number of aromatic nitrogens is 27. The molecule has 542 valence electrons. The summed E-state index contributed by atoms with van der Waals surface area (Å²) in [6.45, 7) is 1.86. The molecule has 0 aliphatic heterocycles. The molecule has 0 spiro atoms. The van der Waals surface area contributed by atoms with Crippen LogP contribution in [0.5, 0.6) is 0 Å². The van der Waals surface area contributed by atoms with Crippen LogP contribution in [-0.4, -0.2) is 132 Å². The van der Waals surface area contributed by atoms with Crippen molar-refractivity contribution in [1.29, 1.82) is 0 Å². The molecule has 17 aromatic heterocycles. The maximum Gasteiger partial charge on any atom is 0.230 e. The second-order valence-electron chi connectivity index (χ2n) is 25.7. The number of imidazole rings is 4. The van der Waals surface area contributed by atoms with Crippen LogP contribution in [0.4, 0.5) is 50.7 Å². The molecule has 32 nitrogen and oxygen atoms in total. The molecule has 33 heteroatoms. The number of H-pyrrole nitrogens is 2. The van der Waals surface area contributed by atoms with Gasteiger partial charge in [0.1, 0.15) is 17.3 Å². The number of pyridine rings is 2. The van der Waals surface area contributed by atoms with Crippen molar-refractivity contribution in [1.82, 2.24) is 132 Å². The Morgan fingerprint density at radius 2 is 0.784 bits per heavy atom. The van der Waals surface area contributed by atoms with Crippen molar-refractivity contribution < 1.29 is 8.91 Å². The number of hydrogen-bond acceptors (Lipinski definition) is 22. The Bertz CT molecular complexity index is 6920. The second-order valence-corrected chi connectivity index (χ2v) is 25.7. The number of hydrogen-bond donors (Lipinski definition) is 6. The van der Waals surface area contributed by atoms with Gasteiger partial charge < -0.3 is 25.8 Å². The molecule has 0 saturated carbocycles. The van der Waals surface area contributed by atoms with Crippen LogP contribution in [0.2, 0.25) is 0 Å². The highest BCUT2D eigenvalue weighted by Crippen LogP contribution is 2.35. The van der Waals surface area contributed by atoms with E-state index in [1.54, 1.807) is 98.9 Å². The smallest absolute Gasteiger partial charge is 0.230 e. The van der Waals surface area contributed by atoms with E-state index in [4.69, 9.17) is 4.52 Å². The van der Waals surface area contributed by atoms with Gasteiger partial charge in [-0.15, -0.1) is 0 Å². The van der Waals surface area contributed by atoms with Crippen molar-refractivity contribution in [3.05, 3.63) is 263 Å². The van der Waals surface area contributed by atoms with Gasteiger partial charge >= 0.3 is 0 Å². The van der Waals surface area contributed by atoms with E-state index in [2.05, 4.69) is 129 Å². The Morgan fingerprint density at radius 1 is 0.369 bits per heavy atom. The first kappa shape index (κ1) is 67.0. The van der Waals surface area contributed by atoms with Gasteiger partial charge in [-0.3, -0.25) is 51.5 Å². The number of rotatable bonds is 14.